The monoisotopic (exact) mass is 333 g/mol. The van der Waals surface area contributed by atoms with Crippen LogP contribution in [0.3, 0.4) is 0 Å². The molecule has 1 amide bonds. The molecule has 6 nitrogen and oxygen atoms in total. The van der Waals surface area contributed by atoms with E-state index < -0.39 is 11.6 Å². The lowest BCUT2D eigenvalue weighted by atomic mass is 10.3. The molecule has 0 unspecified atom stereocenters. The van der Waals surface area contributed by atoms with Crippen molar-refractivity contribution in [3.63, 3.8) is 0 Å². The van der Waals surface area contributed by atoms with Crippen LogP contribution in [-0.2, 0) is 4.79 Å². The molecule has 1 aliphatic heterocycles. The molecule has 0 spiro atoms. The number of carbonyl (C=O) groups is 1. The van der Waals surface area contributed by atoms with Crippen LogP contribution in [0.5, 0.6) is 0 Å². The Bertz CT molecular complexity index is 705. The van der Waals surface area contributed by atoms with Crippen molar-refractivity contribution >= 4 is 17.5 Å². The predicted molar refractivity (Wildman–Crippen MR) is 85.7 cm³/mol. The van der Waals surface area contributed by atoms with E-state index in [4.69, 9.17) is 0 Å². The van der Waals surface area contributed by atoms with Gasteiger partial charge in [-0.1, -0.05) is 0 Å². The standard InChI is InChI=1S/C16H17F2N5O/c17-12-2-3-14(13(18)10-12)21-15(24)11-22-6-8-23(9-7-22)16-19-4-1-5-20-16/h1-5,10H,6-9,11H2,(H,21,24). The van der Waals surface area contributed by atoms with Crippen LogP contribution in [0.2, 0.25) is 0 Å². The second kappa shape index (κ2) is 7.31. The summed E-state index contributed by atoms with van der Waals surface area (Å²) in [5.74, 6) is -1.11. The molecule has 0 aliphatic carbocycles. The largest absolute Gasteiger partial charge is 0.338 e. The maximum absolute atomic E-state index is 13.5. The Labute approximate surface area is 138 Å². The van der Waals surface area contributed by atoms with Gasteiger partial charge in [0, 0.05) is 44.6 Å². The van der Waals surface area contributed by atoms with Crippen molar-refractivity contribution in [1.82, 2.24) is 14.9 Å². The van der Waals surface area contributed by atoms with Crippen molar-refractivity contribution in [3.8, 4) is 0 Å². The highest BCUT2D eigenvalue weighted by Gasteiger charge is 2.20. The molecule has 1 aromatic heterocycles. The van der Waals surface area contributed by atoms with Crippen LogP contribution in [0.15, 0.2) is 36.7 Å². The van der Waals surface area contributed by atoms with Gasteiger partial charge in [0.25, 0.3) is 0 Å². The fraction of sp³-hybridized carbons (Fsp3) is 0.312. The first kappa shape index (κ1) is 16.3. The van der Waals surface area contributed by atoms with Gasteiger partial charge >= 0.3 is 0 Å². The van der Waals surface area contributed by atoms with Crippen LogP contribution in [0.25, 0.3) is 0 Å². The quantitative estimate of drug-likeness (QED) is 0.919. The molecule has 1 aliphatic rings. The summed E-state index contributed by atoms with van der Waals surface area (Å²) in [6.45, 7) is 2.93. The Balaban J connectivity index is 1.50. The Hall–Kier alpha value is -2.61. The summed E-state index contributed by atoms with van der Waals surface area (Å²) in [6, 6.07) is 4.83. The van der Waals surface area contributed by atoms with Gasteiger partial charge in [-0.05, 0) is 18.2 Å². The zero-order valence-electron chi connectivity index (χ0n) is 13.0. The number of carbonyl (C=O) groups excluding carboxylic acids is 1. The summed E-state index contributed by atoms with van der Waals surface area (Å²) in [4.78, 5) is 24.4. The zero-order chi connectivity index (χ0) is 16.9. The van der Waals surface area contributed by atoms with Crippen molar-refractivity contribution in [2.24, 2.45) is 0 Å². The average Bonchev–Trinajstić information content (AvgIpc) is 2.59. The molecular weight excluding hydrogens is 316 g/mol. The van der Waals surface area contributed by atoms with Crippen molar-refractivity contribution in [2.75, 3.05) is 42.9 Å². The zero-order valence-corrected chi connectivity index (χ0v) is 13.0. The molecule has 1 fully saturated rings. The predicted octanol–water partition coefficient (Wildman–Crippen LogP) is 1.52. The van der Waals surface area contributed by atoms with Crippen molar-refractivity contribution in [2.45, 2.75) is 0 Å². The minimum atomic E-state index is -0.783. The highest BCUT2D eigenvalue weighted by atomic mass is 19.1. The number of benzene rings is 1. The van der Waals surface area contributed by atoms with Gasteiger partial charge < -0.3 is 10.2 Å². The first-order chi connectivity index (χ1) is 11.6. The van der Waals surface area contributed by atoms with Gasteiger partial charge in [-0.2, -0.15) is 0 Å². The van der Waals surface area contributed by atoms with Gasteiger partial charge in [-0.3, -0.25) is 9.69 Å². The molecule has 0 bridgehead atoms. The molecule has 3 rings (SSSR count). The third-order valence-electron chi connectivity index (χ3n) is 3.78. The summed E-state index contributed by atoms with van der Waals surface area (Å²) in [7, 11) is 0. The lowest BCUT2D eigenvalue weighted by Gasteiger charge is -2.34. The second-order valence-corrected chi connectivity index (χ2v) is 5.48. The number of amides is 1. The molecule has 0 atom stereocenters. The van der Waals surface area contributed by atoms with Gasteiger partial charge in [0.2, 0.25) is 11.9 Å². The number of hydrogen-bond acceptors (Lipinski definition) is 5. The molecule has 1 N–H and O–H groups in total. The molecule has 1 aromatic carbocycles. The fourth-order valence-corrected chi connectivity index (χ4v) is 2.54. The number of hydrogen-bond donors (Lipinski definition) is 1. The molecule has 2 aromatic rings. The Kier molecular flexibility index (Phi) is 4.95. The van der Waals surface area contributed by atoms with Crippen LogP contribution < -0.4 is 10.2 Å². The van der Waals surface area contributed by atoms with E-state index in [2.05, 4.69) is 15.3 Å². The molecule has 24 heavy (non-hydrogen) atoms. The minimum absolute atomic E-state index is 0.0160. The molecule has 0 saturated carbocycles. The number of piperazine rings is 1. The highest BCUT2D eigenvalue weighted by molar-refractivity contribution is 5.92. The third kappa shape index (κ3) is 4.02. The topological polar surface area (TPSA) is 61.4 Å². The van der Waals surface area contributed by atoms with Crippen molar-refractivity contribution in [1.29, 1.82) is 0 Å². The highest BCUT2D eigenvalue weighted by Crippen LogP contribution is 2.15. The first-order valence-corrected chi connectivity index (χ1v) is 7.61. The summed E-state index contributed by atoms with van der Waals surface area (Å²) in [5.41, 5.74) is -0.0160. The number of nitrogens with zero attached hydrogens (tertiary/aromatic N) is 4. The van der Waals surface area contributed by atoms with Gasteiger partial charge in [0.1, 0.15) is 11.6 Å². The van der Waals surface area contributed by atoms with E-state index in [1.54, 1.807) is 18.5 Å². The fourth-order valence-electron chi connectivity index (χ4n) is 2.54. The Morgan fingerprint density at radius 3 is 2.50 bits per heavy atom. The molecule has 1 saturated heterocycles. The van der Waals surface area contributed by atoms with Gasteiger partial charge in [-0.25, -0.2) is 18.7 Å². The normalized spacial score (nSPS) is 15.3. The number of rotatable bonds is 4. The molecule has 8 heteroatoms. The van der Waals surface area contributed by atoms with E-state index in [0.29, 0.717) is 32.1 Å². The molecular formula is C16H17F2N5O. The van der Waals surface area contributed by atoms with Crippen LogP contribution in [0.1, 0.15) is 0 Å². The SMILES string of the molecule is O=C(CN1CCN(c2ncccn2)CC1)Nc1ccc(F)cc1F. The first-order valence-electron chi connectivity index (χ1n) is 7.61. The summed E-state index contributed by atoms with van der Waals surface area (Å²) in [6.07, 6.45) is 3.39. The summed E-state index contributed by atoms with van der Waals surface area (Å²) < 4.78 is 26.4. The van der Waals surface area contributed by atoms with Gasteiger partial charge in [0.05, 0.1) is 12.2 Å². The van der Waals surface area contributed by atoms with Gasteiger partial charge in [0.15, 0.2) is 0 Å². The van der Waals surface area contributed by atoms with Crippen LogP contribution in [0.4, 0.5) is 20.4 Å². The summed E-state index contributed by atoms with van der Waals surface area (Å²) in [5, 5.41) is 2.47. The molecule has 2 heterocycles. The van der Waals surface area contributed by atoms with Gasteiger partial charge in [-0.15, -0.1) is 0 Å². The average molecular weight is 333 g/mol. The smallest absolute Gasteiger partial charge is 0.238 e. The number of halogens is 2. The maximum Gasteiger partial charge on any atom is 0.238 e. The minimum Gasteiger partial charge on any atom is -0.338 e. The molecule has 126 valence electrons. The number of anilines is 2. The third-order valence-corrected chi connectivity index (χ3v) is 3.78. The van der Waals surface area contributed by atoms with Crippen molar-refractivity contribution in [3.05, 3.63) is 48.3 Å². The van der Waals surface area contributed by atoms with E-state index in [-0.39, 0.29) is 18.1 Å². The molecule has 0 radical (unpaired) electrons. The second-order valence-electron chi connectivity index (χ2n) is 5.48. The number of aromatic nitrogens is 2. The number of nitrogens with one attached hydrogen (secondary N) is 1. The van der Waals surface area contributed by atoms with E-state index in [9.17, 15) is 13.6 Å². The summed E-state index contributed by atoms with van der Waals surface area (Å²) >= 11 is 0. The lowest BCUT2D eigenvalue weighted by molar-refractivity contribution is -0.117. The van der Waals surface area contributed by atoms with E-state index >= 15 is 0 Å². The Morgan fingerprint density at radius 2 is 1.83 bits per heavy atom. The van der Waals surface area contributed by atoms with Crippen molar-refractivity contribution < 1.29 is 13.6 Å². The lowest BCUT2D eigenvalue weighted by Crippen LogP contribution is -2.49. The van der Waals surface area contributed by atoms with E-state index in [0.717, 1.165) is 12.1 Å². The van der Waals surface area contributed by atoms with E-state index in [1.165, 1.54) is 6.07 Å². The Morgan fingerprint density at radius 1 is 1.12 bits per heavy atom. The van der Waals surface area contributed by atoms with Crippen LogP contribution in [-0.4, -0.2) is 53.5 Å². The van der Waals surface area contributed by atoms with E-state index in [1.807, 2.05) is 9.80 Å². The van der Waals surface area contributed by atoms with Crippen LogP contribution >= 0.6 is 0 Å². The van der Waals surface area contributed by atoms with Crippen LogP contribution in [0, 0.1) is 11.6 Å². The maximum atomic E-state index is 13.5.